The lowest BCUT2D eigenvalue weighted by atomic mass is 9.34. The molecule has 0 amide bonds. The molecular formula is C25H25ClF5N7O. The number of rotatable bonds is 5. The van der Waals surface area contributed by atoms with E-state index >= 15 is 0 Å². The highest BCUT2D eigenvalue weighted by Gasteiger charge is 2.79. The Morgan fingerprint density at radius 2 is 1.74 bits per heavy atom. The van der Waals surface area contributed by atoms with Gasteiger partial charge in [-0.3, -0.25) is 4.68 Å². The summed E-state index contributed by atoms with van der Waals surface area (Å²) in [4.78, 5) is 19.5. The van der Waals surface area contributed by atoms with Crippen LogP contribution >= 0.6 is 11.6 Å². The largest absolute Gasteiger partial charge is 0.394 e. The number of aromatic nitrogens is 6. The second-order valence-electron chi connectivity index (χ2n) is 11.6. The van der Waals surface area contributed by atoms with Crippen LogP contribution in [0.5, 0.6) is 0 Å². The Labute approximate surface area is 224 Å². The molecule has 5 fully saturated rings. The van der Waals surface area contributed by atoms with Gasteiger partial charge in [-0.2, -0.15) is 32.0 Å². The number of ether oxygens (including phenoxy) is 1. The number of anilines is 1. The fraction of sp³-hybridized carbons (Fsp3) is 0.640. The van der Waals surface area contributed by atoms with Gasteiger partial charge in [0.2, 0.25) is 5.95 Å². The van der Waals surface area contributed by atoms with Gasteiger partial charge < -0.3 is 9.64 Å². The number of morpholine rings is 1. The summed E-state index contributed by atoms with van der Waals surface area (Å²) in [6, 6.07) is 0.419. The highest BCUT2D eigenvalue weighted by molar-refractivity contribution is 6.21. The zero-order valence-electron chi connectivity index (χ0n) is 21.1. The molecule has 0 unspecified atom stereocenters. The predicted octanol–water partition coefficient (Wildman–Crippen LogP) is 5.50. The minimum atomic E-state index is -4.34. The zero-order valence-corrected chi connectivity index (χ0v) is 21.9. The number of aryl methyl sites for hydroxylation is 1. The van der Waals surface area contributed by atoms with Gasteiger partial charge >= 0.3 is 11.6 Å². The van der Waals surface area contributed by atoms with Crippen LogP contribution in [0, 0.1) is 12.3 Å². The highest BCUT2D eigenvalue weighted by atomic mass is 35.5. The normalized spacial score (nSPS) is 30.8. The number of alkyl halides is 6. The van der Waals surface area contributed by atoms with Crippen molar-refractivity contribution in [1.29, 1.82) is 0 Å². The molecule has 1 aliphatic heterocycles. The minimum Gasteiger partial charge on any atom is -0.367 e. The Morgan fingerprint density at radius 1 is 1.03 bits per heavy atom. The summed E-state index contributed by atoms with van der Waals surface area (Å²) in [7, 11) is 0. The first kappa shape index (κ1) is 25.3. The molecule has 4 aliphatic carbocycles. The molecule has 5 aliphatic rings. The van der Waals surface area contributed by atoms with Crippen LogP contribution in [0.3, 0.4) is 0 Å². The molecule has 0 radical (unpaired) electrons. The van der Waals surface area contributed by atoms with Gasteiger partial charge in [0.15, 0.2) is 5.65 Å². The van der Waals surface area contributed by atoms with Gasteiger partial charge in [0, 0.05) is 23.7 Å². The lowest BCUT2D eigenvalue weighted by Crippen LogP contribution is -2.70. The molecule has 8 nitrogen and oxygen atoms in total. The molecule has 3 aromatic rings. The van der Waals surface area contributed by atoms with Gasteiger partial charge in [0.05, 0.1) is 41.7 Å². The maximum absolute atomic E-state index is 14.1. The zero-order chi connectivity index (χ0) is 27.5. The van der Waals surface area contributed by atoms with Crippen molar-refractivity contribution in [2.24, 2.45) is 5.41 Å². The highest BCUT2D eigenvalue weighted by Crippen LogP contribution is 2.78. The van der Waals surface area contributed by atoms with E-state index in [-0.39, 0.29) is 60.0 Å². The summed E-state index contributed by atoms with van der Waals surface area (Å²) in [5, 5.41) is 0.656. The van der Waals surface area contributed by atoms with E-state index in [2.05, 4.69) is 20.1 Å². The molecule has 3 aromatic heterocycles. The summed E-state index contributed by atoms with van der Waals surface area (Å²) in [5.74, 6) is 0.261. The van der Waals surface area contributed by atoms with Gasteiger partial charge in [-0.05, 0) is 57.6 Å². The summed E-state index contributed by atoms with van der Waals surface area (Å²) in [6.07, 6.45) is 0.588. The van der Waals surface area contributed by atoms with Crippen molar-refractivity contribution in [3.05, 3.63) is 35.0 Å². The summed E-state index contributed by atoms with van der Waals surface area (Å²) >= 11 is 5.28. The molecular weight excluding hydrogens is 545 g/mol. The molecule has 4 saturated carbocycles. The average molecular weight is 570 g/mol. The Balaban J connectivity index is 1.29. The molecule has 0 N–H and O–H groups in total. The van der Waals surface area contributed by atoms with E-state index in [4.69, 9.17) is 21.3 Å². The number of nitrogens with zero attached hydrogens (tertiary/aromatic N) is 7. The fourth-order valence-corrected chi connectivity index (χ4v) is 6.67. The van der Waals surface area contributed by atoms with Crippen LogP contribution in [0.25, 0.3) is 11.2 Å². The number of hydrogen-bond acceptors (Lipinski definition) is 7. The Hall–Kier alpha value is -2.67. The first-order valence-electron chi connectivity index (χ1n) is 12.9. The number of fused-ring (bicyclic) bond motifs is 1. The van der Waals surface area contributed by atoms with Gasteiger partial charge in [-0.1, -0.05) is 0 Å². The molecule has 2 bridgehead atoms. The van der Waals surface area contributed by atoms with Gasteiger partial charge in [-0.15, -0.1) is 0 Å². The molecule has 39 heavy (non-hydrogen) atoms. The molecule has 208 valence electrons. The van der Waals surface area contributed by atoms with Crippen LogP contribution in [0.1, 0.15) is 73.8 Å². The lowest BCUT2D eigenvalue weighted by Gasteiger charge is -2.70. The molecule has 0 spiro atoms. The third-order valence-corrected chi connectivity index (χ3v) is 8.73. The van der Waals surface area contributed by atoms with Crippen molar-refractivity contribution in [1.82, 2.24) is 29.7 Å². The first-order chi connectivity index (χ1) is 18.3. The first-order valence-corrected chi connectivity index (χ1v) is 13.3. The predicted molar refractivity (Wildman–Crippen MR) is 130 cm³/mol. The van der Waals surface area contributed by atoms with Crippen LogP contribution in [0.2, 0.25) is 0 Å². The number of halogens is 6. The van der Waals surface area contributed by atoms with Crippen LogP contribution in [-0.2, 0) is 15.5 Å². The molecule has 8 rings (SSSR count). The summed E-state index contributed by atoms with van der Waals surface area (Å²) in [6.45, 7) is 4.08. The van der Waals surface area contributed by atoms with Crippen molar-refractivity contribution >= 4 is 28.7 Å². The second kappa shape index (κ2) is 7.96. The standard InChI is InChI=1S/C25H25ClF5N7O/c1-12-6-37(8-16(39-12)14-5-32-38(7-14)15-3-4-15)21-35-19(22-9-23(10-22,11-22)25(29,30)31)17-20(36-21)33-13(2)18(34-17)24(26,27)28/h5,7,12,15-16H,3-4,6,8-11H2,1-2H3/t12-,16-,22?,23?/m1/s1. The van der Waals surface area contributed by atoms with Crippen LogP contribution in [-0.4, -0.2) is 55.1 Å². The minimum absolute atomic E-state index is 0.0290. The van der Waals surface area contributed by atoms with Crippen molar-refractivity contribution in [2.75, 3.05) is 18.0 Å². The third-order valence-electron chi connectivity index (χ3n) is 8.55. The maximum atomic E-state index is 14.1. The molecule has 14 heteroatoms. The monoisotopic (exact) mass is 569 g/mol. The Morgan fingerprint density at radius 3 is 2.38 bits per heavy atom. The van der Waals surface area contributed by atoms with Crippen molar-refractivity contribution < 1.29 is 26.7 Å². The van der Waals surface area contributed by atoms with E-state index in [0.29, 0.717) is 19.1 Å². The Kier molecular flexibility index (Phi) is 5.16. The van der Waals surface area contributed by atoms with Crippen LogP contribution in [0.15, 0.2) is 12.4 Å². The SMILES string of the molecule is Cc1nc2nc(N3C[C@@H](C)O[C@@H](c4cnn(C5CC5)c4)C3)nc(C34CC(C(F)(F)F)(C3)C4)c2nc1C(F)(F)Cl. The smallest absolute Gasteiger partial charge is 0.367 e. The molecule has 1 saturated heterocycles. The van der Waals surface area contributed by atoms with Crippen molar-refractivity contribution in [3.8, 4) is 0 Å². The quantitative estimate of drug-likeness (QED) is 0.296. The van der Waals surface area contributed by atoms with Crippen LogP contribution in [0.4, 0.5) is 27.9 Å². The van der Waals surface area contributed by atoms with E-state index < -0.39 is 28.1 Å². The van der Waals surface area contributed by atoms with Gasteiger partial charge in [0.1, 0.15) is 17.3 Å². The molecule has 4 heterocycles. The second-order valence-corrected chi connectivity index (χ2v) is 12.1. The lowest BCUT2D eigenvalue weighted by molar-refractivity contribution is -0.337. The summed E-state index contributed by atoms with van der Waals surface area (Å²) in [5.41, 5.74) is -2.38. The van der Waals surface area contributed by atoms with Crippen molar-refractivity contribution in [2.45, 2.75) is 81.2 Å². The third kappa shape index (κ3) is 3.90. The summed E-state index contributed by atoms with van der Waals surface area (Å²) < 4.78 is 77.3. The van der Waals surface area contributed by atoms with E-state index in [1.807, 2.05) is 22.7 Å². The van der Waals surface area contributed by atoms with Gasteiger partial charge in [0.25, 0.3) is 0 Å². The Bertz CT molecular complexity index is 1460. The van der Waals surface area contributed by atoms with E-state index in [0.717, 1.165) is 18.4 Å². The van der Waals surface area contributed by atoms with E-state index in [9.17, 15) is 22.0 Å². The number of hydrogen-bond donors (Lipinski definition) is 0. The molecule has 2 atom stereocenters. The topological polar surface area (TPSA) is 81.9 Å². The van der Waals surface area contributed by atoms with E-state index in [1.54, 1.807) is 6.20 Å². The maximum Gasteiger partial charge on any atom is 0.394 e. The molecule has 0 aromatic carbocycles. The van der Waals surface area contributed by atoms with Crippen molar-refractivity contribution in [3.63, 3.8) is 0 Å². The van der Waals surface area contributed by atoms with Gasteiger partial charge in [-0.25, -0.2) is 15.0 Å². The van der Waals surface area contributed by atoms with E-state index in [1.165, 1.54) is 6.92 Å². The fourth-order valence-electron chi connectivity index (χ4n) is 6.49. The average Bonchev–Trinajstić information content (AvgIpc) is 3.50. The van der Waals surface area contributed by atoms with Crippen LogP contribution < -0.4 is 4.90 Å².